The van der Waals surface area contributed by atoms with Crippen molar-refractivity contribution in [3.63, 3.8) is 0 Å². The van der Waals surface area contributed by atoms with Gasteiger partial charge >= 0.3 is 12.2 Å². The summed E-state index contributed by atoms with van der Waals surface area (Å²) in [7, 11) is 0. The molecule has 0 saturated carbocycles. The molecule has 0 unspecified atom stereocenters. The minimum atomic E-state index is -0.705. The van der Waals surface area contributed by atoms with E-state index < -0.39 is 23.4 Å². The molecule has 2 amide bonds. The lowest BCUT2D eigenvalue weighted by atomic mass is 10.2. The smallest absolute Gasteiger partial charge is 0.419 e. The Balaban J connectivity index is 4.84. The fourth-order valence-corrected chi connectivity index (χ4v) is 1.11. The second kappa shape index (κ2) is 6.59. The number of hydrogen-bond donors (Lipinski definition) is 0. The predicted molar refractivity (Wildman–Crippen MR) is 74.0 cm³/mol. The minimum Gasteiger partial charge on any atom is -0.443 e. The van der Waals surface area contributed by atoms with Crippen molar-refractivity contribution in [1.82, 2.24) is 4.90 Å². The SMILES string of the molecule is C=CCCN(C(=O)OC(C)(C)C)C(=O)OC(C)(C)C. The van der Waals surface area contributed by atoms with Gasteiger partial charge in [0, 0.05) is 6.54 Å². The first-order chi connectivity index (χ1) is 8.46. The van der Waals surface area contributed by atoms with Gasteiger partial charge in [-0.15, -0.1) is 6.58 Å². The Labute approximate surface area is 115 Å². The number of carbonyl (C=O) groups excluding carboxylic acids is 2. The largest absolute Gasteiger partial charge is 0.443 e. The Hall–Kier alpha value is -1.52. The molecule has 110 valence electrons. The van der Waals surface area contributed by atoms with Crippen LogP contribution in [0.5, 0.6) is 0 Å². The van der Waals surface area contributed by atoms with Crippen molar-refractivity contribution in [3.05, 3.63) is 12.7 Å². The molecule has 19 heavy (non-hydrogen) atoms. The molecule has 0 atom stereocenters. The Morgan fingerprint density at radius 2 is 1.37 bits per heavy atom. The van der Waals surface area contributed by atoms with Gasteiger partial charge in [-0.1, -0.05) is 6.08 Å². The number of imide groups is 1. The minimum absolute atomic E-state index is 0.188. The van der Waals surface area contributed by atoms with Crippen LogP contribution in [0.4, 0.5) is 9.59 Å². The number of carbonyl (C=O) groups is 2. The third-order valence-electron chi connectivity index (χ3n) is 1.78. The van der Waals surface area contributed by atoms with Crippen LogP contribution < -0.4 is 0 Å². The van der Waals surface area contributed by atoms with Crippen LogP contribution in [0, 0.1) is 0 Å². The fraction of sp³-hybridized carbons (Fsp3) is 0.714. The lowest BCUT2D eigenvalue weighted by molar-refractivity contribution is 0.00183. The summed E-state index contributed by atoms with van der Waals surface area (Å²) in [4.78, 5) is 24.9. The highest BCUT2D eigenvalue weighted by Crippen LogP contribution is 2.14. The van der Waals surface area contributed by atoms with Crippen LogP contribution in [0.3, 0.4) is 0 Å². The third kappa shape index (κ3) is 8.24. The Kier molecular flexibility index (Phi) is 6.06. The number of rotatable bonds is 3. The van der Waals surface area contributed by atoms with Crippen molar-refractivity contribution >= 4 is 12.2 Å². The predicted octanol–water partition coefficient (Wildman–Crippen LogP) is 3.73. The fourth-order valence-electron chi connectivity index (χ4n) is 1.11. The van der Waals surface area contributed by atoms with Gasteiger partial charge in [-0.2, -0.15) is 0 Å². The molecule has 5 heteroatoms. The molecule has 0 aromatic heterocycles. The third-order valence-corrected chi connectivity index (χ3v) is 1.78. The number of amides is 2. The van der Waals surface area contributed by atoms with Crippen LogP contribution >= 0.6 is 0 Å². The first-order valence-corrected chi connectivity index (χ1v) is 6.30. The summed E-state index contributed by atoms with van der Waals surface area (Å²) < 4.78 is 10.4. The highest BCUT2D eigenvalue weighted by atomic mass is 16.6. The molecule has 0 bridgehead atoms. The van der Waals surface area contributed by atoms with E-state index in [1.807, 2.05) is 0 Å². The standard InChI is InChI=1S/C14H25NO4/c1-8-9-10-15(11(16)18-13(2,3)4)12(17)19-14(5,6)7/h8H,1,9-10H2,2-7H3. The Morgan fingerprint density at radius 3 is 1.63 bits per heavy atom. The van der Waals surface area contributed by atoms with Crippen molar-refractivity contribution < 1.29 is 19.1 Å². The molecule has 0 spiro atoms. The topological polar surface area (TPSA) is 55.8 Å². The molecular formula is C14H25NO4. The summed E-state index contributed by atoms with van der Waals surface area (Å²) in [6.45, 7) is 14.2. The molecule has 0 aromatic rings. The zero-order chi connectivity index (χ0) is 15.3. The zero-order valence-electron chi connectivity index (χ0n) is 12.8. The molecule has 0 N–H and O–H groups in total. The van der Waals surface area contributed by atoms with Crippen molar-refractivity contribution in [2.75, 3.05) is 6.54 Å². The van der Waals surface area contributed by atoms with Gasteiger partial charge in [-0.3, -0.25) is 0 Å². The second-order valence-electron chi connectivity index (χ2n) is 6.19. The van der Waals surface area contributed by atoms with Crippen LogP contribution in [-0.2, 0) is 9.47 Å². The summed E-state index contributed by atoms with van der Waals surface area (Å²) >= 11 is 0. The average molecular weight is 271 g/mol. The maximum absolute atomic E-state index is 12.0. The van der Waals surface area contributed by atoms with E-state index in [1.165, 1.54) is 0 Å². The molecule has 5 nitrogen and oxygen atoms in total. The van der Waals surface area contributed by atoms with E-state index >= 15 is 0 Å². The molecule has 0 aliphatic heterocycles. The maximum Gasteiger partial charge on any atom is 0.419 e. The normalized spacial score (nSPS) is 11.7. The number of hydrogen-bond acceptors (Lipinski definition) is 4. The van der Waals surface area contributed by atoms with Gasteiger partial charge < -0.3 is 9.47 Å². The van der Waals surface area contributed by atoms with E-state index in [2.05, 4.69) is 6.58 Å². The highest BCUT2D eigenvalue weighted by Gasteiger charge is 2.30. The Morgan fingerprint density at radius 1 is 1.00 bits per heavy atom. The quantitative estimate of drug-likeness (QED) is 0.734. The second-order valence-corrected chi connectivity index (χ2v) is 6.19. The molecule has 0 fully saturated rings. The molecule has 0 heterocycles. The summed E-state index contributed by atoms with van der Waals surface area (Å²) in [5.41, 5.74) is -1.32. The molecule has 0 rings (SSSR count). The van der Waals surface area contributed by atoms with Crippen molar-refractivity contribution in [1.29, 1.82) is 0 Å². The van der Waals surface area contributed by atoms with Crippen LogP contribution in [0.25, 0.3) is 0 Å². The van der Waals surface area contributed by atoms with E-state index in [9.17, 15) is 9.59 Å². The van der Waals surface area contributed by atoms with Crippen LogP contribution in [-0.4, -0.2) is 34.8 Å². The van der Waals surface area contributed by atoms with Crippen LogP contribution in [0.1, 0.15) is 48.0 Å². The van der Waals surface area contributed by atoms with Gasteiger partial charge in [-0.25, -0.2) is 14.5 Å². The van der Waals surface area contributed by atoms with Crippen molar-refractivity contribution in [2.45, 2.75) is 59.2 Å². The molecule has 0 radical (unpaired) electrons. The molecule has 0 aromatic carbocycles. The summed E-state index contributed by atoms with van der Waals surface area (Å²) in [6.07, 6.45) is 0.701. The van der Waals surface area contributed by atoms with E-state index in [4.69, 9.17) is 9.47 Å². The highest BCUT2D eigenvalue weighted by molar-refractivity contribution is 5.88. The first kappa shape index (κ1) is 17.5. The molecule has 0 aliphatic rings. The monoisotopic (exact) mass is 271 g/mol. The van der Waals surface area contributed by atoms with Gasteiger partial charge in [0.15, 0.2) is 0 Å². The number of ether oxygens (including phenoxy) is 2. The van der Waals surface area contributed by atoms with E-state index in [1.54, 1.807) is 47.6 Å². The molecule has 0 aliphatic carbocycles. The van der Waals surface area contributed by atoms with Gasteiger partial charge in [0.05, 0.1) is 0 Å². The molecular weight excluding hydrogens is 246 g/mol. The lowest BCUT2D eigenvalue weighted by Crippen LogP contribution is -2.43. The van der Waals surface area contributed by atoms with Gasteiger partial charge in [-0.05, 0) is 48.0 Å². The average Bonchev–Trinajstić information content (AvgIpc) is 2.12. The van der Waals surface area contributed by atoms with E-state index in [0.29, 0.717) is 6.42 Å². The van der Waals surface area contributed by atoms with Crippen LogP contribution in [0.2, 0.25) is 0 Å². The summed E-state index contributed by atoms with van der Waals surface area (Å²) in [6, 6.07) is 0. The van der Waals surface area contributed by atoms with Crippen LogP contribution in [0.15, 0.2) is 12.7 Å². The van der Waals surface area contributed by atoms with Gasteiger partial charge in [0.2, 0.25) is 0 Å². The van der Waals surface area contributed by atoms with E-state index in [-0.39, 0.29) is 6.54 Å². The summed E-state index contributed by atoms with van der Waals surface area (Å²) in [5, 5.41) is 0. The number of nitrogens with zero attached hydrogens (tertiary/aromatic N) is 1. The zero-order valence-corrected chi connectivity index (χ0v) is 12.8. The van der Waals surface area contributed by atoms with Gasteiger partial charge in [0.1, 0.15) is 11.2 Å². The Bertz CT molecular complexity index is 308. The maximum atomic E-state index is 12.0. The van der Waals surface area contributed by atoms with Gasteiger partial charge in [0.25, 0.3) is 0 Å². The summed E-state index contributed by atoms with van der Waals surface area (Å²) in [5.74, 6) is 0. The lowest BCUT2D eigenvalue weighted by Gasteiger charge is -2.28. The van der Waals surface area contributed by atoms with E-state index in [0.717, 1.165) is 4.90 Å². The van der Waals surface area contributed by atoms with Crippen molar-refractivity contribution in [2.24, 2.45) is 0 Å². The molecule has 0 saturated heterocycles. The first-order valence-electron chi connectivity index (χ1n) is 6.30. The van der Waals surface area contributed by atoms with Crippen molar-refractivity contribution in [3.8, 4) is 0 Å².